The van der Waals surface area contributed by atoms with E-state index in [4.69, 9.17) is 15.3 Å². The summed E-state index contributed by atoms with van der Waals surface area (Å²) in [6.45, 7) is 3.10. The van der Waals surface area contributed by atoms with Gasteiger partial charge in [0.05, 0.1) is 13.2 Å². The maximum absolute atomic E-state index is 10.6. The van der Waals surface area contributed by atoms with Gasteiger partial charge in [-0.05, 0) is 0 Å². The van der Waals surface area contributed by atoms with E-state index in [1.165, 1.54) is 0 Å². The van der Waals surface area contributed by atoms with Crippen molar-refractivity contribution < 1.29 is 39.2 Å². The van der Waals surface area contributed by atoms with E-state index in [0.717, 1.165) is 12.2 Å². The number of aliphatic carboxylic acids is 1. The Bertz CT molecular complexity index is 334. The van der Waals surface area contributed by atoms with E-state index < -0.39 is 17.9 Å². The van der Waals surface area contributed by atoms with Crippen LogP contribution in [-0.4, -0.2) is 59.7 Å². The summed E-state index contributed by atoms with van der Waals surface area (Å²) in [4.78, 5) is 30.6. The van der Waals surface area contributed by atoms with Crippen molar-refractivity contribution in [3.05, 3.63) is 24.8 Å². The summed E-state index contributed by atoms with van der Waals surface area (Å²) >= 11 is 0. The lowest BCUT2D eigenvalue weighted by Crippen LogP contribution is -2.04. The predicted octanol–water partition coefficient (Wildman–Crippen LogP) is -0.739. The normalized spacial score (nSPS) is 9.30. The van der Waals surface area contributed by atoms with Gasteiger partial charge >= 0.3 is 17.9 Å². The molecule has 0 atom stereocenters. The molecule has 0 heterocycles. The lowest BCUT2D eigenvalue weighted by Gasteiger charge is -1.97. The third-order valence-corrected chi connectivity index (χ3v) is 1.41. The van der Waals surface area contributed by atoms with E-state index in [2.05, 4.69) is 16.1 Å². The highest BCUT2D eigenvalue weighted by atomic mass is 16.5. The SMILES string of the molecule is C=CC(=O)OCCO.O=C(O)/C=C\C(=O)OCCCO. The van der Waals surface area contributed by atoms with Crippen LogP contribution in [0.1, 0.15) is 6.42 Å². The minimum atomic E-state index is -1.20. The monoisotopic (exact) mass is 290 g/mol. The Morgan fingerprint density at radius 1 is 0.950 bits per heavy atom. The summed E-state index contributed by atoms with van der Waals surface area (Å²) in [7, 11) is 0. The summed E-state index contributed by atoms with van der Waals surface area (Å²) in [5.74, 6) is -2.42. The summed E-state index contributed by atoms with van der Waals surface area (Å²) in [5, 5.41) is 24.5. The van der Waals surface area contributed by atoms with Crippen molar-refractivity contribution in [1.29, 1.82) is 0 Å². The van der Waals surface area contributed by atoms with Crippen molar-refractivity contribution in [3.8, 4) is 0 Å². The molecule has 8 nitrogen and oxygen atoms in total. The summed E-state index contributed by atoms with van der Waals surface area (Å²) in [6.07, 6.45) is 2.92. The Kier molecular flexibility index (Phi) is 15.0. The quantitative estimate of drug-likeness (QED) is 0.303. The van der Waals surface area contributed by atoms with Crippen LogP contribution < -0.4 is 0 Å². The smallest absolute Gasteiger partial charge is 0.331 e. The third kappa shape index (κ3) is 18.2. The summed E-state index contributed by atoms with van der Waals surface area (Å²) in [6, 6.07) is 0. The van der Waals surface area contributed by atoms with Crippen LogP contribution in [0.5, 0.6) is 0 Å². The van der Waals surface area contributed by atoms with Crippen LogP contribution in [0.25, 0.3) is 0 Å². The molecule has 0 radical (unpaired) electrons. The molecule has 0 aliphatic rings. The van der Waals surface area contributed by atoms with Gasteiger partial charge in [-0.25, -0.2) is 14.4 Å². The van der Waals surface area contributed by atoms with Gasteiger partial charge < -0.3 is 24.8 Å². The van der Waals surface area contributed by atoms with Gasteiger partial charge in [0.1, 0.15) is 6.61 Å². The maximum atomic E-state index is 10.6. The van der Waals surface area contributed by atoms with Crippen LogP contribution >= 0.6 is 0 Å². The largest absolute Gasteiger partial charge is 0.478 e. The molecule has 3 N–H and O–H groups in total. The first-order valence-electron chi connectivity index (χ1n) is 5.56. The molecule has 0 aromatic rings. The Morgan fingerprint density at radius 2 is 1.55 bits per heavy atom. The van der Waals surface area contributed by atoms with Crippen molar-refractivity contribution in [1.82, 2.24) is 0 Å². The number of carboxylic acid groups (broad SMARTS) is 1. The lowest BCUT2D eigenvalue weighted by molar-refractivity contribution is -0.139. The second-order valence-electron chi connectivity index (χ2n) is 3.01. The van der Waals surface area contributed by atoms with Gasteiger partial charge in [0.2, 0.25) is 0 Å². The molecule has 0 aromatic carbocycles. The number of carbonyl (C=O) groups excluding carboxylic acids is 2. The van der Waals surface area contributed by atoms with Gasteiger partial charge in [0.25, 0.3) is 0 Å². The third-order valence-electron chi connectivity index (χ3n) is 1.41. The maximum Gasteiger partial charge on any atom is 0.331 e. The van der Waals surface area contributed by atoms with Gasteiger partial charge in [0.15, 0.2) is 0 Å². The molecule has 0 aromatic heterocycles. The molecule has 0 fully saturated rings. The van der Waals surface area contributed by atoms with E-state index in [-0.39, 0.29) is 26.4 Å². The molecule has 0 rings (SSSR count). The number of hydrogen-bond donors (Lipinski definition) is 3. The van der Waals surface area contributed by atoms with Gasteiger partial charge in [-0.1, -0.05) is 6.58 Å². The summed E-state index contributed by atoms with van der Waals surface area (Å²) in [5.41, 5.74) is 0. The number of carbonyl (C=O) groups is 3. The van der Waals surface area contributed by atoms with E-state index >= 15 is 0 Å². The fraction of sp³-hybridized carbons (Fsp3) is 0.417. The zero-order valence-electron chi connectivity index (χ0n) is 10.9. The van der Waals surface area contributed by atoms with Crippen molar-refractivity contribution in [2.75, 3.05) is 26.4 Å². The zero-order chi connectivity index (χ0) is 15.8. The van der Waals surface area contributed by atoms with Crippen LogP contribution in [0.3, 0.4) is 0 Å². The first-order chi connectivity index (χ1) is 9.47. The van der Waals surface area contributed by atoms with E-state index in [1.54, 1.807) is 0 Å². The van der Waals surface area contributed by atoms with Crippen LogP contribution in [0.4, 0.5) is 0 Å². The Morgan fingerprint density at radius 3 is 2.00 bits per heavy atom. The molecule has 0 unspecified atom stereocenters. The molecule has 20 heavy (non-hydrogen) atoms. The minimum absolute atomic E-state index is 0.0465. The summed E-state index contributed by atoms with van der Waals surface area (Å²) < 4.78 is 8.82. The average molecular weight is 290 g/mol. The molecule has 8 heteroatoms. The Balaban J connectivity index is 0. The van der Waals surface area contributed by atoms with Gasteiger partial charge in [-0.3, -0.25) is 0 Å². The van der Waals surface area contributed by atoms with Crippen molar-refractivity contribution >= 4 is 17.9 Å². The van der Waals surface area contributed by atoms with Gasteiger partial charge in [-0.15, -0.1) is 0 Å². The minimum Gasteiger partial charge on any atom is -0.478 e. The highest BCUT2D eigenvalue weighted by Gasteiger charge is 1.96. The zero-order valence-corrected chi connectivity index (χ0v) is 10.9. The fourth-order valence-electron chi connectivity index (χ4n) is 0.630. The van der Waals surface area contributed by atoms with E-state index in [9.17, 15) is 14.4 Å². The predicted molar refractivity (Wildman–Crippen MR) is 67.7 cm³/mol. The number of carboxylic acids is 1. The van der Waals surface area contributed by atoms with Gasteiger partial charge in [0, 0.05) is 31.3 Å². The molecule has 0 bridgehead atoms. The highest BCUT2D eigenvalue weighted by molar-refractivity contribution is 5.90. The van der Waals surface area contributed by atoms with E-state index in [0.29, 0.717) is 12.5 Å². The molecular formula is C12H18O8. The van der Waals surface area contributed by atoms with Crippen molar-refractivity contribution in [2.24, 2.45) is 0 Å². The number of aliphatic hydroxyl groups is 2. The molecule has 0 aliphatic heterocycles. The average Bonchev–Trinajstić information content (AvgIpc) is 2.43. The second-order valence-corrected chi connectivity index (χ2v) is 3.01. The number of ether oxygens (including phenoxy) is 2. The van der Waals surface area contributed by atoms with Crippen molar-refractivity contribution in [3.63, 3.8) is 0 Å². The van der Waals surface area contributed by atoms with Crippen LogP contribution in [0.15, 0.2) is 24.8 Å². The number of rotatable bonds is 8. The first-order valence-corrected chi connectivity index (χ1v) is 5.56. The topological polar surface area (TPSA) is 130 Å². The number of hydrogen-bond acceptors (Lipinski definition) is 7. The molecule has 0 spiro atoms. The standard InChI is InChI=1S/C7H10O5.C5H8O3/c8-4-1-5-12-7(11)3-2-6(9)10;1-2-5(7)8-4-3-6/h2-3,8H,1,4-5H2,(H,9,10);2,6H,1,3-4H2/b3-2-;. The molecule has 0 amide bonds. The van der Waals surface area contributed by atoms with Gasteiger partial charge in [-0.2, -0.15) is 0 Å². The molecule has 0 aliphatic carbocycles. The molecule has 114 valence electrons. The van der Waals surface area contributed by atoms with Crippen LogP contribution in [0.2, 0.25) is 0 Å². The number of esters is 2. The second kappa shape index (κ2) is 14.9. The lowest BCUT2D eigenvalue weighted by atomic mass is 10.5. The van der Waals surface area contributed by atoms with Crippen LogP contribution in [-0.2, 0) is 23.9 Å². The van der Waals surface area contributed by atoms with E-state index in [1.807, 2.05) is 0 Å². The van der Waals surface area contributed by atoms with Crippen molar-refractivity contribution in [2.45, 2.75) is 6.42 Å². The molecule has 0 saturated carbocycles. The molecule has 0 saturated heterocycles. The number of aliphatic hydroxyl groups excluding tert-OH is 2. The Hall–Kier alpha value is -2.19. The highest BCUT2D eigenvalue weighted by Crippen LogP contribution is 1.85. The van der Waals surface area contributed by atoms with Crippen LogP contribution in [0, 0.1) is 0 Å². The molecular weight excluding hydrogens is 272 g/mol. The fourth-order valence-corrected chi connectivity index (χ4v) is 0.630. The Labute approximate surface area is 115 Å². The first kappa shape index (κ1) is 20.1.